The summed E-state index contributed by atoms with van der Waals surface area (Å²) in [5.74, 6) is 0.890. The fourth-order valence-corrected chi connectivity index (χ4v) is 6.81. The second-order valence-corrected chi connectivity index (χ2v) is 15.0. The largest absolute Gasteiger partial charge is 0.303 e. The molecule has 0 fully saturated rings. The van der Waals surface area contributed by atoms with Gasteiger partial charge in [-0.05, 0) is 44.8 Å². The molecule has 0 radical (unpaired) electrons. The fraction of sp³-hybridized carbons (Fsp3) is 1.00. The third kappa shape index (κ3) is 38.1. The normalized spacial score (nSPS) is 11.9. The van der Waals surface area contributed by atoms with Gasteiger partial charge < -0.3 is 4.90 Å². The van der Waals surface area contributed by atoms with Crippen LogP contribution in [0.4, 0.5) is 0 Å². The summed E-state index contributed by atoms with van der Waals surface area (Å²) in [6.07, 6.45) is 49.6. The van der Waals surface area contributed by atoms with Crippen LogP contribution < -0.4 is 0 Å². The lowest BCUT2D eigenvalue weighted by atomic mass is 10.0. The Kier molecular flexibility index (Phi) is 38.1. The standard InChI is InChI=1S/C42H87N/c1-5-7-9-11-13-15-19-23-27-31-35-39-43(40-36-32-28-24-20-16-14-12-10-8-6-2)41-37-33-29-25-21-17-18-22-26-30-34-38-42(3)4/h42H,5-41H2,1-4H3. The molecular formula is C42H87N. The molecule has 0 saturated carbocycles. The Morgan fingerprint density at radius 3 is 0.721 bits per heavy atom. The lowest BCUT2D eigenvalue weighted by Crippen LogP contribution is -2.27. The molecule has 0 aliphatic rings. The Labute approximate surface area is 275 Å². The molecule has 0 aliphatic carbocycles. The highest BCUT2D eigenvalue weighted by Gasteiger charge is 2.05. The van der Waals surface area contributed by atoms with E-state index >= 15 is 0 Å². The zero-order chi connectivity index (χ0) is 31.3. The van der Waals surface area contributed by atoms with Crippen molar-refractivity contribution in [1.29, 1.82) is 0 Å². The number of unbranched alkanes of at least 4 members (excludes halogenated alkanes) is 30. The van der Waals surface area contributed by atoms with Gasteiger partial charge in [0.1, 0.15) is 0 Å². The van der Waals surface area contributed by atoms with E-state index in [2.05, 4.69) is 32.6 Å². The van der Waals surface area contributed by atoms with Crippen LogP contribution in [0.5, 0.6) is 0 Å². The average molecular weight is 606 g/mol. The summed E-state index contributed by atoms with van der Waals surface area (Å²) in [4.78, 5) is 2.86. The monoisotopic (exact) mass is 606 g/mol. The van der Waals surface area contributed by atoms with Gasteiger partial charge in [-0.3, -0.25) is 0 Å². The van der Waals surface area contributed by atoms with E-state index in [4.69, 9.17) is 0 Å². The number of rotatable bonds is 38. The summed E-state index contributed by atoms with van der Waals surface area (Å²) in [5.41, 5.74) is 0. The molecule has 0 N–H and O–H groups in total. The third-order valence-electron chi connectivity index (χ3n) is 9.91. The quantitative estimate of drug-likeness (QED) is 0.0633. The minimum atomic E-state index is 0.890. The molecule has 0 aromatic rings. The smallest absolute Gasteiger partial charge is 0.00187 e. The predicted molar refractivity (Wildman–Crippen MR) is 200 cm³/mol. The van der Waals surface area contributed by atoms with Crippen molar-refractivity contribution < 1.29 is 0 Å². The Morgan fingerprint density at radius 1 is 0.279 bits per heavy atom. The molecule has 0 spiro atoms. The minimum Gasteiger partial charge on any atom is -0.303 e. The van der Waals surface area contributed by atoms with Crippen LogP contribution in [0.15, 0.2) is 0 Å². The maximum absolute atomic E-state index is 2.86. The van der Waals surface area contributed by atoms with Gasteiger partial charge in [0.25, 0.3) is 0 Å². The zero-order valence-electron chi connectivity index (χ0n) is 31.2. The van der Waals surface area contributed by atoms with E-state index in [-0.39, 0.29) is 0 Å². The topological polar surface area (TPSA) is 3.24 Å². The molecule has 43 heavy (non-hydrogen) atoms. The van der Waals surface area contributed by atoms with E-state index in [1.165, 1.54) is 238 Å². The Bertz CT molecular complexity index is 446. The van der Waals surface area contributed by atoms with Crippen LogP contribution in [0.2, 0.25) is 0 Å². The van der Waals surface area contributed by atoms with Crippen molar-refractivity contribution in [2.45, 2.75) is 246 Å². The Balaban J connectivity index is 3.90. The van der Waals surface area contributed by atoms with Crippen LogP contribution in [0.3, 0.4) is 0 Å². The molecule has 0 unspecified atom stereocenters. The van der Waals surface area contributed by atoms with Crippen LogP contribution in [0, 0.1) is 5.92 Å². The molecule has 1 heteroatoms. The number of hydrogen-bond acceptors (Lipinski definition) is 1. The molecule has 0 saturated heterocycles. The molecule has 1 nitrogen and oxygen atoms in total. The summed E-state index contributed by atoms with van der Waals surface area (Å²) in [7, 11) is 0. The third-order valence-corrected chi connectivity index (χ3v) is 9.91. The van der Waals surface area contributed by atoms with Gasteiger partial charge in [-0.2, -0.15) is 0 Å². The van der Waals surface area contributed by atoms with Crippen molar-refractivity contribution in [3.05, 3.63) is 0 Å². The summed E-state index contributed by atoms with van der Waals surface area (Å²) in [5, 5.41) is 0. The second kappa shape index (κ2) is 38.1. The summed E-state index contributed by atoms with van der Waals surface area (Å²) >= 11 is 0. The molecule has 0 aromatic carbocycles. The molecule has 260 valence electrons. The molecule has 0 heterocycles. The summed E-state index contributed by atoms with van der Waals surface area (Å²) in [6.45, 7) is 13.5. The zero-order valence-corrected chi connectivity index (χ0v) is 31.2. The van der Waals surface area contributed by atoms with Gasteiger partial charge in [0.15, 0.2) is 0 Å². The Hall–Kier alpha value is -0.0400. The van der Waals surface area contributed by atoms with Crippen molar-refractivity contribution in [1.82, 2.24) is 4.90 Å². The fourth-order valence-electron chi connectivity index (χ4n) is 6.81. The molecule has 0 amide bonds. The van der Waals surface area contributed by atoms with Gasteiger partial charge in [0.2, 0.25) is 0 Å². The van der Waals surface area contributed by atoms with E-state index in [1.54, 1.807) is 0 Å². The highest BCUT2D eigenvalue weighted by Crippen LogP contribution is 2.16. The summed E-state index contributed by atoms with van der Waals surface area (Å²) in [6, 6.07) is 0. The van der Waals surface area contributed by atoms with Crippen molar-refractivity contribution in [3.8, 4) is 0 Å². The second-order valence-electron chi connectivity index (χ2n) is 15.0. The van der Waals surface area contributed by atoms with Crippen LogP contribution in [0.25, 0.3) is 0 Å². The van der Waals surface area contributed by atoms with E-state index in [1.807, 2.05) is 0 Å². The van der Waals surface area contributed by atoms with Gasteiger partial charge in [0.05, 0.1) is 0 Å². The molecule has 0 atom stereocenters. The van der Waals surface area contributed by atoms with Gasteiger partial charge in [-0.25, -0.2) is 0 Å². The van der Waals surface area contributed by atoms with Crippen LogP contribution in [-0.2, 0) is 0 Å². The first-order valence-electron chi connectivity index (χ1n) is 20.9. The maximum Gasteiger partial charge on any atom is -0.00187 e. The average Bonchev–Trinajstić information content (AvgIpc) is 3.00. The molecule has 0 rings (SSSR count). The Morgan fingerprint density at radius 2 is 0.488 bits per heavy atom. The lowest BCUT2D eigenvalue weighted by Gasteiger charge is -2.22. The van der Waals surface area contributed by atoms with Gasteiger partial charge in [-0.1, -0.05) is 227 Å². The molecular weight excluding hydrogens is 518 g/mol. The van der Waals surface area contributed by atoms with Gasteiger partial charge in [0, 0.05) is 0 Å². The highest BCUT2D eigenvalue weighted by atomic mass is 15.1. The first-order valence-corrected chi connectivity index (χ1v) is 20.9. The lowest BCUT2D eigenvalue weighted by molar-refractivity contribution is 0.254. The van der Waals surface area contributed by atoms with Gasteiger partial charge in [-0.15, -0.1) is 0 Å². The molecule has 0 aliphatic heterocycles. The van der Waals surface area contributed by atoms with Crippen molar-refractivity contribution >= 4 is 0 Å². The van der Waals surface area contributed by atoms with Crippen LogP contribution >= 0.6 is 0 Å². The highest BCUT2D eigenvalue weighted by molar-refractivity contribution is 4.61. The van der Waals surface area contributed by atoms with E-state index < -0.39 is 0 Å². The minimum absolute atomic E-state index is 0.890. The van der Waals surface area contributed by atoms with Crippen LogP contribution in [-0.4, -0.2) is 24.5 Å². The maximum atomic E-state index is 2.86. The number of hydrogen-bond donors (Lipinski definition) is 0. The first-order chi connectivity index (χ1) is 21.2. The van der Waals surface area contributed by atoms with Crippen molar-refractivity contribution in [2.75, 3.05) is 19.6 Å². The predicted octanol–water partition coefficient (Wildman–Crippen LogP) is 15.2. The molecule has 0 bridgehead atoms. The van der Waals surface area contributed by atoms with Crippen LogP contribution in [0.1, 0.15) is 246 Å². The summed E-state index contributed by atoms with van der Waals surface area (Å²) < 4.78 is 0. The number of nitrogens with zero attached hydrogens (tertiary/aromatic N) is 1. The van der Waals surface area contributed by atoms with Gasteiger partial charge >= 0.3 is 0 Å². The first kappa shape index (κ1) is 43.0. The SMILES string of the molecule is CCCCCCCCCCCCCN(CCCCCCCCCCCCC)CCCCCCCCCCCCCC(C)C. The van der Waals surface area contributed by atoms with E-state index in [0.29, 0.717) is 0 Å². The van der Waals surface area contributed by atoms with Crippen molar-refractivity contribution in [2.24, 2.45) is 5.92 Å². The van der Waals surface area contributed by atoms with E-state index in [9.17, 15) is 0 Å². The molecule has 0 aromatic heterocycles. The van der Waals surface area contributed by atoms with Crippen molar-refractivity contribution in [3.63, 3.8) is 0 Å². The van der Waals surface area contributed by atoms with E-state index in [0.717, 1.165) is 5.92 Å².